The number of nitrogens with zero attached hydrogens (tertiary/aromatic N) is 6. The van der Waals surface area contributed by atoms with Gasteiger partial charge in [-0.1, -0.05) is 30.3 Å². The van der Waals surface area contributed by atoms with Crippen molar-refractivity contribution in [3.63, 3.8) is 0 Å². The van der Waals surface area contributed by atoms with E-state index in [-0.39, 0.29) is 5.92 Å². The van der Waals surface area contributed by atoms with E-state index in [0.717, 1.165) is 54.2 Å². The van der Waals surface area contributed by atoms with Crippen LogP contribution in [-0.2, 0) is 0 Å². The zero-order valence-corrected chi connectivity index (χ0v) is 16.7. The molecule has 0 atom stereocenters. The van der Waals surface area contributed by atoms with Crippen molar-refractivity contribution < 1.29 is 8.78 Å². The van der Waals surface area contributed by atoms with Crippen molar-refractivity contribution in [1.82, 2.24) is 19.2 Å². The first-order chi connectivity index (χ1) is 15.1. The second-order valence-electron chi connectivity index (χ2n) is 7.68. The van der Waals surface area contributed by atoms with E-state index < -0.39 is 6.55 Å². The van der Waals surface area contributed by atoms with Gasteiger partial charge in [0.25, 0.3) is 0 Å². The lowest BCUT2D eigenvalue weighted by molar-refractivity contribution is 0.0566. The Morgan fingerprint density at radius 3 is 2.39 bits per heavy atom. The molecule has 4 heterocycles. The monoisotopic (exact) mass is 418 g/mol. The van der Waals surface area contributed by atoms with Crippen LogP contribution in [0.15, 0.2) is 61.1 Å². The molecule has 0 aliphatic carbocycles. The normalized spacial score (nSPS) is 15.0. The number of aromatic nitrogens is 4. The molecule has 0 amide bonds. The summed E-state index contributed by atoms with van der Waals surface area (Å²) in [6, 6.07) is 16.2. The van der Waals surface area contributed by atoms with Gasteiger partial charge >= 0.3 is 6.55 Å². The molecule has 6 nitrogen and oxygen atoms in total. The molecule has 1 aliphatic heterocycles. The molecule has 3 aromatic heterocycles. The molecule has 0 N–H and O–H groups in total. The van der Waals surface area contributed by atoms with Crippen LogP contribution in [0.3, 0.4) is 0 Å². The Morgan fingerprint density at radius 1 is 0.968 bits per heavy atom. The predicted octanol–water partition coefficient (Wildman–Crippen LogP) is 5.00. The highest BCUT2D eigenvalue weighted by Crippen LogP contribution is 2.30. The van der Waals surface area contributed by atoms with Gasteiger partial charge in [-0.15, -0.1) is 0 Å². The summed E-state index contributed by atoms with van der Waals surface area (Å²) >= 11 is 0. The first-order valence-electron chi connectivity index (χ1n) is 10.2. The summed E-state index contributed by atoms with van der Waals surface area (Å²) in [5.41, 5.74) is 4.27. The number of fused-ring (bicyclic) bond motifs is 1. The zero-order valence-electron chi connectivity index (χ0n) is 16.7. The van der Waals surface area contributed by atoms with Crippen LogP contribution >= 0.6 is 0 Å². The van der Waals surface area contributed by atoms with Crippen molar-refractivity contribution in [3.8, 4) is 28.5 Å². The molecule has 8 heteroatoms. The third-order valence-corrected chi connectivity index (χ3v) is 5.83. The van der Waals surface area contributed by atoms with Gasteiger partial charge in [-0.05, 0) is 30.5 Å². The quantitative estimate of drug-likeness (QED) is 0.468. The Hall–Kier alpha value is -3.73. The van der Waals surface area contributed by atoms with Gasteiger partial charge in [-0.25, -0.2) is 9.67 Å². The van der Waals surface area contributed by atoms with Gasteiger partial charge in [0.15, 0.2) is 0 Å². The Labute approximate surface area is 178 Å². The highest BCUT2D eigenvalue weighted by Gasteiger charge is 2.21. The van der Waals surface area contributed by atoms with Crippen molar-refractivity contribution in [2.24, 2.45) is 5.92 Å². The van der Waals surface area contributed by atoms with E-state index in [1.165, 1.54) is 12.4 Å². The van der Waals surface area contributed by atoms with Crippen LogP contribution in [0.25, 0.3) is 28.0 Å². The lowest BCUT2D eigenvalue weighted by Crippen LogP contribution is -2.34. The number of anilines is 1. The van der Waals surface area contributed by atoms with Gasteiger partial charge in [-0.2, -0.15) is 19.1 Å². The van der Waals surface area contributed by atoms with Crippen LogP contribution in [0.5, 0.6) is 0 Å². The van der Waals surface area contributed by atoms with Crippen LogP contribution in [0, 0.1) is 17.2 Å². The summed E-state index contributed by atoms with van der Waals surface area (Å²) in [4.78, 5) is 6.88. The number of hydrogen-bond acceptors (Lipinski definition) is 4. The van der Waals surface area contributed by atoms with Crippen molar-refractivity contribution in [2.75, 3.05) is 18.0 Å². The first kappa shape index (κ1) is 19.2. The number of nitriles is 1. The third-order valence-electron chi connectivity index (χ3n) is 5.83. The topological polar surface area (TPSA) is 62.2 Å². The first-order valence-corrected chi connectivity index (χ1v) is 10.2. The lowest BCUT2D eigenvalue weighted by atomic mass is 9.98. The number of alkyl halides is 2. The van der Waals surface area contributed by atoms with E-state index in [9.17, 15) is 14.0 Å². The predicted molar refractivity (Wildman–Crippen MR) is 114 cm³/mol. The van der Waals surface area contributed by atoms with E-state index in [1.807, 2.05) is 42.6 Å². The summed E-state index contributed by atoms with van der Waals surface area (Å²) in [6.07, 6.45) is 6.36. The standard InChI is InChI=1S/C23H20F2N6/c24-23(25)30-15-19(13-28-30)17-4-6-18(7-5-17)20-14-27-21-2-1-3-22(31(20)21)29-10-8-16(12-26)9-11-29/h1-7,13-16,23H,8-11H2. The fourth-order valence-electron chi connectivity index (χ4n) is 4.13. The summed E-state index contributed by atoms with van der Waals surface area (Å²) in [7, 11) is 0. The second-order valence-corrected chi connectivity index (χ2v) is 7.68. The minimum absolute atomic E-state index is 0.125. The molecule has 4 aromatic rings. The van der Waals surface area contributed by atoms with E-state index in [1.54, 1.807) is 0 Å². The number of imidazole rings is 1. The fraction of sp³-hybridized carbons (Fsp3) is 0.261. The minimum atomic E-state index is -2.65. The largest absolute Gasteiger partial charge is 0.358 e. The van der Waals surface area contributed by atoms with Crippen LogP contribution in [-0.4, -0.2) is 32.3 Å². The van der Waals surface area contributed by atoms with E-state index >= 15 is 0 Å². The molecule has 0 bridgehead atoms. The van der Waals surface area contributed by atoms with E-state index in [2.05, 4.69) is 31.5 Å². The average molecular weight is 418 g/mol. The molecule has 0 radical (unpaired) electrons. The highest BCUT2D eigenvalue weighted by molar-refractivity contribution is 5.71. The Bertz CT molecular complexity index is 1240. The van der Waals surface area contributed by atoms with Gasteiger partial charge in [0.2, 0.25) is 0 Å². The summed E-state index contributed by atoms with van der Waals surface area (Å²) in [5, 5.41) is 12.9. The van der Waals surface area contributed by atoms with Crippen LogP contribution in [0.1, 0.15) is 19.4 Å². The molecular formula is C23H20F2N6. The molecule has 31 heavy (non-hydrogen) atoms. The van der Waals surface area contributed by atoms with Crippen molar-refractivity contribution in [2.45, 2.75) is 19.4 Å². The van der Waals surface area contributed by atoms with E-state index in [4.69, 9.17) is 0 Å². The van der Waals surface area contributed by atoms with Gasteiger partial charge in [0.1, 0.15) is 11.5 Å². The zero-order chi connectivity index (χ0) is 21.4. The number of piperidine rings is 1. The molecule has 156 valence electrons. The Balaban J connectivity index is 1.48. The molecule has 1 aliphatic rings. The Kier molecular flexibility index (Phi) is 4.86. The molecule has 1 aromatic carbocycles. The van der Waals surface area contributed by atoms with Crippen molar-refractivity contribution in [1.29, 1.82) is 5.26 Å². The number of hydrogen-bond donors (Lipinski definition) is 0. The SMILES string of the molecule is N#CC1CCN(c2cccc3ncc(-c4ccc(-c5cnn(C(F)F)c5)cc4)n23)CC1. The van der Waals surface area contributed by atoms with Crippen LogP contribution in [0.2, 0.25) is 0 Å². The number of benzene rings is 1. The third kappa shape index (κ3) is 3.52. The van der Waals surface area contributed by atoms with Crippen LogP contribution < -0.4 is 4.90 Å². The maximum absolute atomic E-state index is 12.8. The fourth-order valence-corrected chi connectivity index (χ4v) is 4.13. The maximum Gasteiger partial charge on any atom is 0.333 e. The van der Waals surface area contributed by atoms with Crippen LogP contribution in [0.4, 0.5) is 14.6 Å². The van der Waals surface area contributed by atoms with Crippen molar-refractivity contribution in [3.05, 3.63) is 61.1 Å². The molecule has 0 unspecified atom stereocenters. The molecule has 5 rings (SSSR count). The molecule has 0 saturated carbocycles. The molecular weight excluding hydrogens is 398 g/mol. The van der Waals surface area contributed by atoms with Crippen molar-refractivity contribution >= 4 is 11.5 Å². The summed E-state index contributed by atoms with van der Waals surface area (Å²) in [6.45, 7) is -0.979. The second kappa shape index (κ2) is 7.84. The van der Waals surface area contributed by atoms with Gasteiger partial charge in [-0.3, -0.25) is 4.40 Å². The van der Waals surface area contributed by atoms with Gasteiger partial charge in [0, 0.05) is 36.3 Å². The molecule has 1 saturated heterocycles. The molecule has 1 fully saturated rings. The average Bonchev–Trinajstić information content (AvgIpc) is 3.47. The number of halogens is 2. The minimum Gasteiger partial charge on any atom is -0.358 e. The summed E-state index contributed by atoms with van der Waals surface area (Å²) < 4.78 is 28.4. The van der Waals surface area contributed by atoms with Gasteiger partial charge < -0.3 is 4.90 Å². The van der Waals surface area contributed by atoms with Gasteiger partial charge in [0.05, 0.1) is 24.2 Å². The summed E-state index contributed by atoms with van der Waals surface area (Å²) in [5.74, 6) is 1.18. The lowest BCUT2D eigenvalue weighted by Gasteiger charge is -2.31. The smallest absolute Gasteiger partial charge is 0.333 e. The molecule has 0 spiro atoms. The Morgan fingerprint density at radius 2 is 1.71 bits per heavy atom. The number of rotatable bonds is 4. The van der Waals surface area contributed by atoms with E-state index in [0.29, 0.717) is 10.2 Å². The maximum atomic E-state index is 12.8. The highest BCUT2D eigenvalue weighted by atomic mass is 19.3. The number of pyridine rings is 1.